The average molecular weight is 291 g/mol. The van der Waals surface area contributed by atoms with Gasteiger partial charge in [-0.3, -0.25) is 0 Å². The second-order valence-electron chi connectivity index (χ2n) is 5.65. The third-order valence-corrected chi connectivity index (χ3v) is 4.07. The van der Waals surface area contributed by atoms with Gasteiger partial charge in [-0.2, -0.15) is 0 Å². The highest BCUT2D eigenvalue weighted by Gasteiger charge is 2.25. The van der Waals surface area contributed by atoms with E-state index in [-0.39, 0.29) is 18.1 Å². The maximum absolute atomic E-state index is 11.7. The molecule has 1 saturated carbocycles. The molecule has 2 rings (SSSR count). The van der Waals surface area contributed by atoms with Gasteiger partial charge in [0.15, 0.2) is 0 Å². The van der Waals surface area contributed by atoms with Gasteiger partial charge in [0.25, 0.3) is 0 Å². The monoisotopic (exact) mass is 291 g/mol. The summed E-state index contributed by atoms with van der Waals surface area (Å²) in [5, 5.41) is 15.4. The summed E-state index contributed by atoms with van der Waals surface area (Å²) in [7, 11) is 2.00. The van der Waals surface area contributed by atoms with Crippen LogP contribution in [0.1, 0.15) is 19.3 Å². The van der Waals surface area contributed by atoms with E-state index in [0.717, 1.165) is 31.5 Å². The van der Waals surface area contributed by atoms with Gasteiger partial charge in [-0.15, -0.1) is 0 Å². The van der Waals surface area contributed by atoms with E-state index in [9.17, 15) is 9.90 Å². The fraction of sp³-hybridized carbons (Fsp3) is 0.562. The second-order valence-corrected chi connectivity index (χ2v) is 5.65. The molecule has 1 aliphatic carbocycles. The third-order valence-electron chi connectivity index (χ3n) is 4.07. The van der Waals surface area contributed by atoms with E-state index in [1.807, 2.05) is 37.4 Å². The zero-order valence-corrected chi connectivity index (χ0v) is 12.6. The summed E-state index contributed by atoms with van der Waals surface area (Å²) in [6.45, 7) is 1.90. The number of benzene rings is 1. The molecule has 116 valence electrons. The Balaban J connectivity index is 1.61. The Morgan fingerprint density at radius 3 is 2.71 bits per heavy atom. The van der Waals surface area contributed by atoms with Crippen LogP contribution in [0.4, 0.5) is 10.5 Å². The molecular formula is C16H25N3O2. The number of likely N-dealkylation sites (N-methyl/N-ethyl adjacent to an activating group) is 1. The Labute approximate surface area is 126 Å². The molecule has 1 aromatic rings. The van der Waals surface area contributed by atoms with Crippen LogP contribution < -0.4 is 15.5 Å². The van der Waals surface area contributed by atoms with E-state index < -0.39 is 0 Å². The number of hydrogen-bond acceptors (Lipinski definition) is 3. The molecule has 5 nitrogen and oxygen atoms in total. The Hall–Kier alpha value is -1.75. The van der Waals surface area contributed by atoms with Gasteiger partial charge in [-0.25, -0.2) is 4.79 Å². The minimum Gasteiger partial charge on any atom is -0.393 e. The summed E-state index contributed by atoms with van der Waals surface area (Å²) < 4.78 is 0. The summed E-state index contributed by atoms with van der Waals surface area (Å²) in [6, 6.07) is 9.91. The van der Waals surface area contributed by atoms with Gasteiger partial charge in [-0.1, -0.05) is 24.6 Å². The predicted molar refractivity (Wildman–Crippen MR) is 84.5 cm³/mol. The van der Waals surface area contributed by atoms with Crippen molar-refractivity contribution < 1.29 is 9.90 Å². The molecule has 5 heteroatoms. The molecule has 2 amide bonds. The zero-order chi connectivity index (χ0) is 15.1. The first-order valence-corrected chi connectivity index (χ1v) is 7.63. The van der Waals surface area contributed by atoms with Crippen molar-refractivity contribution >= 4 is 11.7 Å². The summed E-state index contributed by atoms with van der Waals surface area (Å²) in [5.74, 6) is 0.211. The number of amides is 2. The highest BCUT2D eigenvalue weighted by Crippen LogP contribution is 2.24. The number of carbonyl (C=O) groups excluding carboxylic acids is 1. The van der Waals surface area contributed by atoms with Crippen molar-refractivity contribution in [1.29, 1.82) is 0 Å². The lowest BCUT2D eigenvalue weighted by Gasteiger charge is -2.20. The molecule has 3 N–H and O–H groups in total. The molecule has 1 fully saturated rings. The number of carbonyl (C=O) groups is 1. The fourth-order valence-corrected chi connectivity index (χ4v) is 2.69. The van der Waals surface area contributed by atoms with E-state index >= 15 is 0 Å². The van der Waals surface area contributed by atoms with Crippen molar-refractivity contribution in [2.45, 2.75) is 25.4 Å². The van der Waals surface area contributed by atoms with Crippen LogP contribution in [-0.2, 0) is 0 Å². The van der Waals surface area contributed by atoms with Crippen LogP contribution in [0.3, 0.4) is 0 Å². The van der Waals surface area contributed by atoms with Crippen LogP contribution in [-0.4, -0.2) is 43.9 Å². The lowest BCUT2D eigenvalue weighted by atomic mass is 10.1. The molecule has 0 bridgehead atoms. The SMILES string of the molecule is CN(CCNC(=O)NC[C@@H]1CCC[C@@H]1O)c1ccccc1. The molecule has 0 saturated heterocycles. The third kappa shape index (κ3) is 4.93. The zero-order valence-electron chi connectivity index (χ0n) is 12.6. The number of rotatable bonds is 6. The van der Waals surface area contributed by atoms with E-state index in [0.29, 0.717) is 13.1 Å². The lowest BCUT2D eigenvalue weighted by Crippen LogP contribution is -2.42. The number of para-hydroxylation sites is 1. The Morgan fingerprint density at radius 2 is 2.05 bits per heavy atom. The van der Waals surface area contributed by atoms with Crippen LogP contribution >= 0.6 is 0 Å². The van der Waals surface area contributed by atoms with Crippen LogP contribution in [0.5, 0.6) is 0 Å². The largest absolute Gasteiger partial charge is 0.393 e. The maximum Gasteiger partial charge on any atom is 0.314 e. The molecule has 1 aliphatic rings. The normalized spacial score (nSPS) is 21.0. The van der Waals surface area contributed by atoms with Crippen LogP contribution in [0.25, 0.3) is 0 Å². The van der Waals surface area contributed by atoms with E-state index in [2.05, 4.69) is 15.5 Å². The number of aliphatic hydroxyl groups excluding tert-OH is 1. The smallest absolute Gasteiger partial charge is 0.314 e. The summed E-state index contributed by atoms with van der Waals surface area (Å²) in [5.41, 5.74) is 1.13. The van der Waals surface area contributed by atoms with Gasteiger partial charge in [-0.05, 0) is 25.0 Å². The number of aliphatic hydroxyl groups is 1. The molecular weight excluding hydrogens is 266 g/mol. The number of nitrogens with one attached hydrogen (secondary N) is 2. The number of nitrogens with zero attached hydrogens (tertiary/aromatic N) is 1. The first-order chi connectivity index (χ1) is 10.2. The summed E-state index contributed by atoms with van der Waals surface area (Å²) in [6.07, 6.45) is 2.65. The van der Waals surface area contributed by atoms with Crippen molar-refractivity contribution in [2.24, 2.45) is 5.92 Å². The fourth-order valence-electron chi connectivity index (χ4n) is 2.69. The van der Waals surface area contributed by atoms with Gasteiger partial charge in [0, 0.05) is 38.3 Å². The molecule has 2 atom stereocenters. The average Bonchev–Trinajstić information content (AvgIpc) is 2.91. The second kappa shape index (κ2) is 7.88. The molecule has 1 aromatic carbocycles. The van der Waals surface area contributed by atoms with E-state index in [1.165, 1.54) is 0 Å². The van der Waals surface area contributed by atoms with Gasteiger partial charge in [0.2, 0.25) is 0 Å². The van der Waals surface area contributed by atoms with Crippen molar-refractivity contribution in [3.8, 4) is 0 Å². The molecule has 0 radical (unpaired) electrons. The molecule has 0 heterocycles. The van der Waals surface area contributed by atoms with Crippen molar-refractivity contribution in [3.05, 3.63) is 30.3 Å². The molecule has 21 heavy (non-hydrogen) atoms. The molecule has 0 unspecified atom stereocenters. The number of hydrogen-bond donors (Lipinski definition) is 3. The summed E-state index contributed by atoms with van der Waals surface area (Å²) in [4.78, 5) is 13.8. The predicted octanol–water partition coefficient (Wildman–Crippen LogP) is 1.58. The standard InChI is InChI=1S/C16H25N3O2/c1-19(14-7-3-2-4-8-14)11-10-17-16(21)18-12-13-6-5-9-15(13)20/h2-4,7-8,13,15,20H,5-6,9-12H2,1H3,(H2,17,18,21)/t13-,15-/m0/s1. The highest BCUT2D eigenvalue weighted by molar-refractivity contribution is 5.73. The first kappa shape index (κ1) is 15.6. The van der Waals surface area contributed by atoms with Crippen molar-refractivity contribution in [2.75, 3.05) is 31.6 Å². The topological polar surface area (TPSA) is 64.6 Å². The van der Waals surface area contributed by atoms with Crippen molar-refractivity contribution in [3.63, 3.8) is 0 Å². The van der Waals surface area contributed by atoms with Crippen LogP contribution in [0.2, 0.25) is 0 Å². The minimum absolute atomic E-state index is 0.157. The minimum atomic E-state index is -0.255. The van der Waals surface area contributed by atoms with Gasteiger partial charge < -0.3 is 20.6 Å². The first-order valence-electron chi connectivity index (χ1n) is 7.63. The maximum atomic E-state index is 11.7. The molecule has 0 spiro atoms. The van der Waals surface area contributed by atoms with Crippen LogP contribution in [0.15, 0.2) is 30.3 Å². The Kier molecular flexibility index (Phi) is 5.87. The van der Waals surface area contributed by atoms with Crippen molar-refractivity contribution in [1.82, 2.24) is 10.6 Å². The molecule has 0 aliphatic heterocycles. The van der Waals surface area contributed by atoms with Crippen LogP contribution in [0, 0.1) is 5.92 Å². The lowest BCUT2D eigenvalue weighted by molar-refractivity contribution is 0.132. The quantitative estimate of drug-likeness (QED) is 0.745. The number of urea groups is 1. The van der Waals surface area contributed by atoms with Gasteiger partial charge >= 0.3 is 6.03 Å². The molecule has 0 aromatic heterocycles. The van der Waals surface area contributed by atoms with Gasteiger partial charge in [0.05, 0.1) is 6.10 Å². The Morgan fingerprint density at radius 1 is 1.29 bits per heavy atom. The summed E-state index contributed by atoms with van der Waals surface area (Å²) >= 11 is 0. The van der Waals surface area contributed by atoms with E-state index in [1.54, 1.807) is 0 Å². The van der Waals surface area contributed by atoms with Gasteiger partial charge in [0.1, 0.15) is 0 Å². The number of anilines is 1. The van der Waals surface area contributed by atoms with E-state index in [4.69, 9.17) is 0 Å². The Bertz CT molecular complexity index is 438. The highest BCUT2D eigenvalue weighted by atomic mass is 16.3.